The predicted octanol–water partition coefficient (Wildman–Crippen LogP) is 4.75. The van der Waals surface area contributed by atoms with E-state index in [9.17, 15) is 26.4 Å². The Bertz CT molecular complexity index is 1140. The van der Waals surface area contributed by atoms with E-state index >= 15 is 0 Å². The van der Waals surface area contributed by atoms with E-state index in [0.29, 0.717) is 25.8 Å². The average molecular weight is 497 g/mol. The van der Waals surface area contributed by atoms with Gasteiger partial charge in [0.2, 0.25) is 15.9 Å². The number of aryl methyl sites for hydroxylation is 1. The Labute approximate surface area is 197 Å². The number of ether oxygens (including phenoxy) is 1. The van der Waals surface area contributed by atoms with E-state index < -0.39 is 32.4 Å². The summed E-state index contributed by atoms with van der Waals surface area (Å²) >= 11 is 0. The summed E-state index contributed by atoms with van der Waals surface area (Å²) in [6.45, 7) is 2.77. The summed E-state index contributed by atoms with van der Waals surface area (Å²) in [5.74, 6) is -0.779. The first-order valence-corrected chi connectivity index (χ1v) is 12.8. The number of rotatable bonds is 6. The lowest BCUT2D eigenvalue weighted by molar-refractivity contribution is -0.275. The highest BCUT2D eigenvalue weighted by Crippen LogP contribution is 2.44. The zero-order valence-electron chi connectivity index (χ0n) is 18.8. The topological polar surface area (TPSA) is 66.9 Å². The molecule has 2 aromatic carbocycles. The van der Waals surface area contributed by atoms with Crippen molar-refractivity contribution < 1.29 is 31.1 Å². The van der Waals surface area contributed by atoms with E-state index in [2.05, 4.69) is 11.7 Å². The highest BCUT2D eigenvalue weighted by atomic mass is 32.2. The van der Waals surface area contributed by atoms with Gasteiger partial charge in [-0.2, -0.15) is 4.31 Å². The lowest BCUT2D eigenvalue weighted by Gasteiger charge is -2.37. The van der Waals surface area contributed by atoms with Crippen LogP contribution in [0.5, 0.6) is 5.75 Å². The zero-order chi connectivity index (χ0) is 24.6. The Kier molecular flexibility index (Phi) is 6.65. The molecule has 2 fully saturated rings. The summed E-state index contributed by atoms with van der Waals surface area (Å²) in [5, 5.41) is 0. The molecule has 0 saturated carbocycles. The first-order valence-electron chi connectivity index (χ1n) is 11.3. The molecule has 0 radical (unpaired) electrons. The Morgan fingerprint density at radius 2 is 1.59 bits per heavy atom. The van der Waals surface area contributed by atoms with Gasteiger partial charge in [-0.3, -0.25) is 4.79 Å². The molecular weight excluding hydrogens is 469 g/mol. The van der Waals surface area contributed by atoms with E-state index in [1.54, 1.807) is 4.90 Å². The molecule has 10 heteroatoms. The number of carbonyl (C=O) groups is 1. The number of carbonyl (C=O) groups excluding carboxylic acids is 1. The number of para-hydroxylation sites is 1. The maximum Gasteiger partial charge on any atom is 0.573 e. The lowest BCUT2D eigenvalue weighted by Crippen LogP contribution is -2.46. The standard InChI is InChI=1S/C24H27F3N2O4S/c1-2-5-18-8-10-19(11-9-18)29-17-14-23(22(29)30)12-15-28(16-13-23)34(31,32)21-7-4-3-6-20(21)33-24(25,26)27/h3-4,6-11H,2,5,12-17H2,1H3. The fourth-order valence-corrected chi connectivity index (χ4v) is 6.38. The lowest BCUT2D eigenvalue weighted by atomic mass is 9.77. The van der Waals surface area contributed by atoms with Crippen LogP contribution >= 0.6 is 0 Å². The third-order valence-corrected chi connectivity index (χ3v) is 8.61. The van der Waals surface area contributed by atoms with Crippen molar-refractivity contribution in [1.29, 1.82) is 0 Å². The number of hydrogen-bond donors (Lipinski definition) is 0. The molecule has 0 aromatic heterocycles. The van der Waals surface area contributed by atoms with Crippen LogP contribution in [0.25, 0.3) is 0 Å². The molecule has 34 heavy (non-hydrogen) atoms. The summed E-state index contributed by atoms with van der Waals surface area (Å²) in [6, 6.07) is 12.6. The van der Waals surface area contributed by atoms with Crippen LogP contribution in [0.2, 0.25) is 0 Å². The van der Waals surface area contributed by atoms with E-state index in [1.807, 2.05) is 24.3 Å². The Morgan fingerprint density at radius 1 is 0.971 bits per heavy atom. The van der Waals surface area contributed by atoms with Crippen molar-refractivity contribution in [3.63, 3.8) is 0 Å². The Balaban J connectivity index is 1.47. The Hall–Kier alpha value is -2.59. The van der Waals surface area contributed by atoms with Gasteiger partial charge in [0.05, 0.1) is 5.41 Å². The van der Waals surface area contributed by atoms with Crippen molar-refractivity contribution in [3.05, 3.63) is 54.1 Å². The number of sulfonamides is 1. The van der Waals surface area contributed by atoms with Gasteiger partial charge in [0, 0.05) is 25.3 Å². The highest BCUT2D eigenvalue weighted by molar-refractivity contribution is 7.89. The summed E-state index contributed by atoms with van der Waals surface area (Å²) in [7, 11) is -4.22. The second kappa shape index (κ2) is 9.22. The maximum atomic E-state index is 13.3. The summed E-state index contributed by atoms with van der Waals surface area (Å²) in [6.07, 6.45) is -1.75. The fraction of sp³-hybridized carbons (Fsp3) is 0.458. The number of alkyl halides is 3. The number of amides is 1. The van der Waals surface area contributed by atoms with Crippen molar-refractivity contribution in [3.8, 4) is 5.75 Å². The summed E-state index contributed by atoms with van der Waals surface area (Å²) in [5.41, 5.74) is 1.38. The quantitative estimate of drug-likeness (QED) is 0.579. The van der Waals surface area contributed by atoms with E-state index in [-0.39, 0.29) is 19.0 Å². The van der Waals surface area contributed by atoms with Crippen molar-refractivity contribution in [2.75, 3.05) is 24.5 Å². The first kappa shape index (κ1) is 24.5. The second-order valence-electron chi connectivity index (χ2n) is 8.80. The molecule has 2 heterocycles. The van der Waals surface area contributed by atoms with Crippen LogP contribution in [0, 0.1) is 5.41 Å². The molecule has 2 saturated heterocycles. The van der Waals surface area contributed by atoms with Gasteiger partial charge in [-0.25, -0.2) is 8.42 Å². The number of halogens is 3. The number of piperidine rings is 1. The zero-order valence-corrected chi connectivity index (χ0v) is 19.7. The summed E-state index contributed by atoms with van der Waals surface area (Å²) in [4.78, 5) is 14.6. The molecule has 0 atom stereocenters. The minimum atomic E-state index is -5.01. The molecule has 0 unspecified atom stereocenters. The van der Waals surface area contributed by atoms with Gasteiger partial charge < -0.3 is 9.64 Å². The molecule has 2 aliphatic heterocycles. The SMILES string of the molecule is CCCc1ccc(N2CCC3(CCN(S(=O)(=O)c4ccccc4OC(F)(F)F)CC3)C2=O)cc1. The fourth-order valence-electron chi connectivity index (χ4n) is 4.83. The molecule has 2 aliphatic rings. The molecule has 184 valence electrons. The number of hydrogen-bond acceptors (Lipinski definition) is 4. The van der Waals surface area contributed by atoms with Gasteiger partial charge in [0.15, 0.2) is 0 Å². The van der Waals surface area contributed by atoms with E-state index in [0.717, 1.165) is 35.0 Å². The van der Waals surface area contributed by atoms with Crippen molar-refractivity contribution >= 4 is 21.6 Å². The van der Waals surface area contributed by atoms with Gasteiger partial charge in [-0.15, -0.1) is 13.2 Å². The van der Waals surface area contributed by atoms with Gasteiger partial charge >= 0.3 is 6.36 Å². The van der Waals surface area contributed by atoms with Gasteiger partial charge in [0.25, 0.3) is 0 Å². The molecule has 4 rings (SSSR count). The molecule has 1 amide bonds. The first-order chi connectivity index (χ1) is 16.1. The van der Waals surface area contributed by atoms with Crippen LogP contribution in [0.15, 0.2) is 53.4 Å². The van der Waals surface area contributed by atoms with Crippen molar-refractivity contribution in [2.45, 2.75) is 50.3 Å². The van der Waals surface area contributed by atoms with Crippen LogP contribution in [0.3, 0.4) is 0 Å². The van der Waals surface area contributed by atoms with Crippen LogP contribution in [0.4, 0.5) is 18.9 Å². The van der Waals surface area contributed by atoms with Gasteiger partial charge in [-0.05, 0) is 55.5 Å². The monoisotopic (exact) mass is 496 g/mol. The third kappa shape index (κ3) is 4.79. The van der Waals surface area contributed by atoms with Crippen molar-refractivity contribution in [1.82, 2.24) is 4.31 Å². The second-order valence-corrected chi connectivity index (χ2v) is 10.7. The molecular formula is C24H27F3N2O4S. The van der Waals surface area contributed by atoms with Crippen LogP contribution in [0.1, 0.15) is 38.2 Å². The van der Waals surface area contributed by atoms with Gasteiger partial charge in [-0.1, -0.05) is 37.6 Å². The number of anilines is 1. The van der Waals surface area contributed by atoms with Crippen molar-refractivity contribution in [2.24, 2.45) is 5.41 Å². The van der Waals surface area contributed by atoms with Crippen LogP contribution < -0.4 is 9.64 Å². The minimum Gasteiger partial charge on any atom is -0.404 e. The molecule has 0 bridgehead atoms. The minimum absolute atomic E-state index is 0.0198. The van der Waals surface area contributed by atoms with Crippen LogP contribution in [-0.4, -0.2) is 44.6 Å². The number of benzene rings is 2. The van der Waals surface area contributed by atoms with E-state index in [1.165, 1.54) is 17.7 Å². The molecule has 6 nitrogen and oxygen atoms in total. The summed E-state index contributed by atoms with van der Waals surface area (Å²) < 4.78 is 69.6. The van der Waals surface area contributed by atoms with Gasteiger partial charge in [0.1, 0.15) is 10.6 Å². The predicted molar refractivity (Wildman–Crippen MR) is 121 cm³/mol. The molecule has 0 aliphatic carbocycles. The molecule has 2 aromatic rings. The smallest absolute Gasteiger partial charge is 0.404 e. The average Bonchev–Trinajstić information content (AvgIpc) is 3.10. The maximum absolute atomic E-state index is 13.3. The Morgan fingerprint density at radius 3 is 2.21 bits per heavy atom. The molecule has 1 spiro atoms. The van der Waals surface area contributed by atoms with Crippen LogP contribution in [-0.2, 0) is 21.2 Å². The van der Waals surface area contributed by atoms with E-state index in [4.69, 9.17) is 0 Å². The third-order valence-electron chi connectivity index (χ3n) is 6.67. The largest absolute Gasteiger partial charge is 0.573 e. The normalized spacial score (nSPS) is 19.1. The number of nitrogens with zero attached hydrogens (tertiary/aromatic N) is 2. The highest BCUT2D eigenvalue weighted by Gasteiger charge is 2.50. The molecule has 0 N–H and O–H groups in total.